The molecule has 1 N–H and O–H groups in total. The van der Waals surface area contributed by atoms with Crippen LogP contribution in [0.5, 0.6) is 0 Å². The first kappa shape index (κ1) is 20.6. The minimum Gasteiger partial charge on any atom is -0.458 e. The predicted octanol–water partition coefficient (Wildman–Crippen LogP) is 4.81. The lowest BCUT2D eigenvalue weighted by Gasteiger charge is -2.24. The van der Waals surface area contributed by atoms with Gasteiger partial charge in [-0.1, -0.05) is 54.6 Å². The first-order valence-corrected chi connectivity index (χ1v) is 9.75. The van der Waals surface area contributed by atoms with E-state index in [1.165, 1.54) is 0 Å². The molecule has 0 saturated carbocycles. The summed E-state index contributed by atoms with van der Waals surface area (Å²) in [5.74, 6) is -0.543. The molecular formula is C24H27NO4. The maximum absolute atomic E-state index is 12.4. The molecule has 0 aliphatic heterocycles. The van der Waals surface area contributed by atoms with Gasteiger partial charge in [0.1, 0.15) is 18.2 Å². The van der Waals surface area contributed by atoms with Crippen LogP contribution in [-0.2, 0) is 14.3 Å². The van der Waals surface area contributed by atoms with Gasteiger partial charge in [-0.3, -0.25) is 0 Å². The Morgan fingerprint density at radius 1 is 1.07 bits per heavy atom. The number of benzene rings is 2. The molecule has 0 radical (unpaired) electrons. The monoisotopic (exact) mass is 393 g/mol. The summed E-state index contributed by atoms with van der Waals surface area (Å²) in [6, 6.07) is 15.4. The minimum atomic E-state index is -0.831. The van der Waals surface area contributed by atoms with E-state index in [1.54, 1.807) is 26.8 Å². The van der Waals surface area contributed by atoms with Crippen LogP contribution in [0.2, 0.25) is 0 Å². The molecule has 1 atom stereocenters. The molecule has 2 aromatic rings. The Morgan fingerprint density at radius 2 is 1.62 bits per heavy atom. The van der Waals surface area contributed by atoms with Gasteiger partial charge in [-0.25, -0.2) is 9.59 Å². The maximum atomic E-state index is 12.4. The number of nitrogens with one attached hydrogen (secondary N) is 1. The second-order valence-electron chi connectivity index (χ2n) is 8.08. The Bertz CT molecular complexity index is 868. The van der Waals surface area contributed by atoms with Gasteiger partial charge >= 0.3 is 12.1 Å². The third-order valence-corrected chi connectivity index (χ3v) is 4.73. The Morgan fingerprint density at radius 3 is 2.14 bits per heavy atom. The molecule has 0 unspecified atom stereocenters. The second-order valence-corrected chi connectivity index (χ2v) is 8.08. The van der Waals surface area contributed by atoms with E-state index in [1.807, 2.05) is 24.3 Å². The first-order chi connectivity index (χ1) is 13.8. The van der Waals surface area contributed by atoms with Crippen molar-refractivity contribution in [3.8, 4) is 11.1 Å². The largest absolute Gasteiger partial charge is 0.458 e. The molecule has 29 heavy (non-hydrogen) atoms. The highest BCUT2D eigenvalue weighted by Gasteiger charge is 2.30. The van der Waals surface area contributed by atoms with Gasteiger partial charge in [0.05, 0.1) is 0 Å². The van der Waals surface area contributed by atoms with Crippen molar-refractivity contribution in [3.63, 3.8) is 0 Å². The van der Waals surface area contributed by atoms with Gasteiger partial charge in [0, 0.05) is 5.92 Å². The number of fused-ring (bicyclic) bond motifs is 3. The normalized spacial score (nSPS) is 13.8. The lowest BCUT2D eigenvalue weighted by Crippen LogP contribution is -2.44. The number of rotatable bonds is 6. The van der Waals surface area contributed by atoms with Crippen molar-refractivity contribution in [3.05, 3.63) is 72.3 Å². The number of alkyl carbamates (subject to hydrolysis) is 1. The van der Waals surface area contributed by atoms with Gasteiger partial charge < -0.3 is 14.8 Å². The number of amides is 1. The lowest BCUT2D eigenvalue weighted by molar-refractivity contribution is -0.157. The average molecular weight is 393 g/mol. The third-order valence-electron chi connectivity index (χ3n) is 4.73. The summed E-state index contributed by atoms with van der Waals surface area (Å²) in [6.07, 6.45) is 1.18. The molecule has 1 aliphatic rings. The van der Waals surface area contributed by atoms with Crippen molar-refractivity contribution in [2.45, 2.75) is 44.8 Å². The molecule has 0 bridgehead atoms. The molecule has 1 amide bonds. The number of hydrogen-bond acceptors (Lipinski definition) is 4. The smallest absolute Gasteiger partial charge is 0.407 e. The Hall–Kier alpha value is -3.08. The van der Waals surface area contributed by atoms with E-state index in [-0.39, 0.29) is 18.9 Å². The van der Waals surface area contributed by atoms with Crippen LogP contribution in [0.25, 0.3) is 11.1 Å². The molecule has 2 aromatic carbocycles. The highest BCUT2D eigenvalue weighted by atomic mass is 16.6. The van der Waals surface area contributed by atoms with Crippen LogP contribution in [0.15, 0.2) is 61.2 Å². The highest BCUT2D eigenvalue weighted by Crippen LogP contribution is 2.44. The molecular weight excluding hydrogens is 366 g/mol. The molecule has 152 valence electrons. The summed E-state index contributed by atoms with van der Waals surface area (Å²) in [5, 5.41) is 2.61. The summed E-state index contributed by atoms with van der Waals surface area (Å²) in [6.45, 7) is 9.18. The Kier molecular flexibility index (Phi) is 6.06. The molecule has 1 aliphatic carbocycles. The summed E-state index contributed by atoms with van der Waals surface area (Å²) < 4.78 is 10.9. The summed E-state index contributed by atoms with van der Waals surface area (Å²) in [7, 11) is 0. The quantitative estimate of drug-likeness (QED) is 0.565. The molecule has 0 saturated heterocycles. The van der Waals surface area contributed by atoms with Gasteiger partial charge in [-0.05, 0) is 49.4 Å². The van der Waals surface area contributed by atoms with Crippen molar-refractivity contribution >= 4 is 12.1 Å². The van der Waals surface area contributed by atoms with E-state index in [0.29, 0.717) is 0 Å². The van der Waals surface area contributed by atoms with Crippen LogP contribution < -0.4 is 5.32 Å². The van der Waals surface area contributed by atoms with Crippen molar-refractivity contribution in [1.82, 2.24) is 5.32 Å². The van der Waals surface area contributed by atoms with E-state index in [9.17, 15) is 9.59 Å². The van der Waals surface area contributed by atoms with Gasteiger partial charge in [-0.15, -0.1) is 6.58 Å². The molecule has 0 heterocycles. The number of carbonyl (C=O) groups excluding carboxylic acids is 2. The molecule has 0 spiro atoms. The predicted molar refractivity (Wildman–Crippen MR) is 113 cm³/mol. The minimum absolute atomic E-state index is 0.0347. The fraction of sp³-hybridized carbons (Fsp3) is 0.333. The first-order valence-electron chi connectivity index (χ1n) is 9.75. The summed E-state index contributed by atoms with van der Waals surface area (Å²) >= 11 is 0. The van der Waals surface area contributed by atoms with E-state index in [2.05, 4.69) is 36.2 Å². The van der Waals surface area contributed by atoms with Crippen LogP contribution in [0.4, 0.5) is 4.79 Å². The van der Waals surface area contributed by atoms with E-state index >= 15 is 0 Å². The van der Waals surface area contributed by atoms with Crippen molar-refractivity contribution in [2.24, 2.45) is 0 Å². The van der Waals surface area contributed by atoms with E-state index in [0.717, 1.165) is 22.3 Å². The van der Waals surface area contributed by atoms with Gasteiger partial charge in [0.2, 0.25) is 0 Å². The topological polar surface area (TPSA) is 64.6 Å². The number of ether oxygens (including phenoxy) is 2. The van der Waals surface area contributed by atoms with E-state index < -0.39 is 23.7 Å². The molecule has 5 nitrogen and oxygen atoms in total. The molecule has 5 heteroatoms. The summed E-state index contributed by atoms with van der Waals surface area (Å²) in [5.41, 5.74) is 3.96. The van der Waals surface area contributed by atoms with Crippen LogP contribution in [0.3, 0.4) is 0 Å². The molecule has 3 rings (SSSR count). The van der Waals surface area contributed by atoms with Crippen LogP contribution in [0.1, 0.15) is 44.2 Å². The number of hydrogen-bond donors (Lipinski definition) is 1. The fourth-order valence-electron chi connectivity index (χ4n) is 3.54. The van der Waals surface area contributed by atoms with Gasteiger partial charge in [-0.2, -0.15) is 0 Å². The maximum Gasteiger partial charge on any atom is 0.407 e. The second kappa shape index (κ2) is 8.52. The zero-order valence-electron chi connectivity index (χ0n) is 17.1. The standard InChI is InChI=1S/C24H27NO4/c1-5-10-21(22(26)29-24(2,3)4)25-23(27)28-15-20-18-13-8-6-11-16(18)17-12-7-9-14-19(17)20/h5-9,11-14,20-21H,1,10,15H2,2-4H3,(H,25,27)/t21-/m1/s1. The SMILES string of the molecule is C=CC[C@@H](NC(=O)OCC1c2ccccc2-c2ccccc21)C(=O)OC(C)(C)C. The number of esters is 1. The van der Waals surface area contributed by atoms with E-state index in [4.69, 9.17) is 9.47 Å². The van der Waals surface area contributed by atoms with Crippen molar-refractivity contribution in [1.29, 1.82) is 0 Å². The third kappa shape index (κ3) is 4.86. The number of carbonyl (C=O) groups is 2. The van der Waals surface area contributed by atoms with Gasteiger partial charge in [0.15, 0.2) is 0 Å². The molecule has 0 fully saturated rings. The fourth-order valence-corrected chi connectivity index (χ4v) is 3.54. The van der Waals surface area contributed by atoms with Crippen LogP contribution in [-0.4, -0.2) is 30.3 Å². The van der Waals surface area contributed by atoms with Gasteiger partial charge in [0.25, 0.3) is 0 Å². The van der Waals surface area contributed by atoms with Crippen molar-refractivity contribution < 1.29 is 19.1 Å². The lowest BCUT2D eigenvalue weighted by atomic mass is 9.98. The average Bonchev–Trinajstić information content (AvgIpc) is 2.99. The van der Waals surface area contributed by atoms with Crippen LogP contribution >= 0.6 is 0 Å². The Balaban J connectivity index is 1.67. The Labute approximate surface area is 171 Å². The zero-order chi connectivity index (χ0) is 21.0. The van der Waals surface area contributed by atoms with Crippen molar-refractivity contribution in [2.75, 3.05) is 6.61 Å². The zero-order valence-corrected chi connectivity index (χ0v) is 17.1. The molecule has 0 aromatic heterocycles. The van der Waals surface area contributed by atoms with Crippen LogP contribution in [0, 0.1) is 0 Å². The summed E-state index contributed by atoms with van der Waals surface area (Å²) in [4.78, 5) is 24.7. The highest BCUT2D eigenvalue weighted by molar-refractivity contribution is 5.82.